The number of aromatic amines is 1. The fourth-order valence-corrected chi connectivity index (χ4v) is 3.50. The molecule has 1 spiro atoms. The van der Waals surface area contributed by atoms with Gasteiger partial charge in [0.1, 0.15) is 17.8 Å². The molecule has 1 unspecified atom stereocenters. The Bertz CT molecular complexity index is 678. The van der Waals surface area contributed by atoms with Crippen molar-refractivity contribution in [3.63, 3.8) is 0 Å². The van der Waals surface area contributed by atoms with Crippen molar-refractivity contribution < 1.29 is 9.90 Å². The van der Waals surface area contributed by atoms with Gasteiger partial charge in [0, 0.05) is 24.7 Å². The number of nitrogens with zero attached hydrogens (tertiary/aromatic N) is 3. The first-order chi connectivity index (χ1) is 10.7. The summed E-state index contributed by atoms with van der Waals surface area (Å²) in [7, 11) is 0. The molecule has 2 aromatic rings. The summed E-state index contributed by atoms with van der Waals surface area (Å²) < 4.78 is 0. The van der Waals surface area contributed by atoms with Crippen LogP contribution >= 0.6 is 0 Å². The van der Waals surface area contributed by atoms with E-state index in [1.54, 1.807) is 6.33 Å². The van der Waals surface area contributed by atoms with Crippen LogP contribution in [0.3, 0.4) is 0 Å². The van der Waals surface area contributed by atoms with Crippen LogP contribution in [0.1, 0.15) is 33.1 Å². The lowest BCUT2D eigenvalue weighted by Gasteiger charge is -2.38. The largest absolute Gasteiger partial charge is 0.481 e. The van der Waals surface area contributed by atoms with Gasteiger partial charge in [0.25, 0.3) is 0 Å². The molecule has 1 aliphatic heterocycles. The number of piperidine rings is 1. The van der Waals surface area contributed by atoms with Gasteiger partial charge in [-0.15, -0.1) is 0 Å². The van der Waals surface area contributed by atoms with Gasteiger partial charge in [-0.2, -0.15) is 0 Å². The molecule has 2 aromatic heterocycles. The number of nitrogens with one attached hydrogen (secondary N) is 1. The first-order valence-electron chi connectivity index (χ1n) is 7.95. The number of aromatic nitrogens is 3. The van der Waals surface area contributed by atoms with Crippen LogP contribution < -0.4 is 4.90 Å². The Kier molecular flexibility index (Phi) is 3.76. The van der Waals surface area contributed by atoms with E-state index in [1.165, 1.54) is 0 Å². The van der Waals surface area contributed by atoms with Crippen LogP contribution in [-0.2, 0) is 4.79 Å². The zero-order valence-electron chi connectivity index (χ0n) is 13.0. The third kappa shape index (κ3) is 2.32. The molecule has 0 bridgehead atoms. The molecule has 2 N–H and O–H groups in total. The zero-order chi connectivity index (χ0) is 15.7. The van der Waals surface area contributed by atoms with E-state index in [1.807, 2.05) is 26.1 Å². The number of anilines is 1. The van der Waals surface area contributed by atoms with Gasteiger partial charge in [-0.05, 0) is 25.3 Å². The first-order valence-corrected chi connectivity index (χ1v) is 7.95. The van der Waals surface area contributed by atoms with Gasteiger partial charge < -0.3 is 15.0 Å². The molecule has 1 saturated heterocycles. The molecule has 1 atom stereocenters. The summed E-state index contributed by atoms with van der Waals surface area (Å²) in [5.41, 5.74) is 0.803. The van der Waals surface area contributed by atoms with Crippen molar-refractivity contribution in [2.45, 2.75) is 33.1 Å². The Labute approximate surface area is 129 Å². The predicted molar refractivity (Wildman–Crippen MR) is 84.9 cm³/mol. The van der Waals surface area contributed by atoms with E-state index in [4.69, 9.17) is 0 Å². The third-order valence-corrected chi connectivity index (χ3v) is 4.76. The number of H-pyrrole nitrogens is 1. The predicted octanol–water partition coefficient (Wildman–Crippen LogP) is 2.68. The lowest BCUT2D eigenvalue weighted by molar-refractivity contribution is -0.144. The van der Waals surface area contributed by atoms with Crippen molar-refractivity contribution in [2.24, 2.45) is 11.3 Å². The topological polar surface area (TPSA) is 82.1 Å². The minimum atomic E-state index is -0.642. The van der Waals surface area contributed by atoms with Crippen molar-refractivity contribution in [3.05, 3.63) is 18.6 Å². The summed E-state index contributed by atoms with van der Waals surface area (Å²) in [6.45, 7) is 5.54. The monoisotopic (exact) mass is 302 g/mol. The van der Waals surface area contributed by atoms with Crippen LogP contribution in [0.25, 0.3) is 11.0 Å². The normalized spacial score (nSPS) is 22.3. The molecule has 6 heteroatoms. The summed E-state index contributed by atoms with van der Waals surface area (Å²) in [6.07, 6.45) is 6.16. The van der Waals surface area contributed by atoms with Crippen molar-refractivity contribution >= 4 is 22.8 Å². The van der Waals surface area contributed by atoms with Crippen LogP contribution in [-0.4, -0.2) is 39.1 Å². The first kappa shape index (κ1) is 14.8. The molecule has 0 amide bonds. The second-order valence-electron chi connectivity index (χ2n) is 5.90. The van der Waals surface area contributed by atoms with E-state index in [9.17, 15) is 9.90 Å². The van der Waals surface area contributed by atoms with Crippen molar-refractivity contribution in [3.8, 4) is 0 Å². The number of rotatable bonds is 2. The van der Waals surface area contributed by atoms with Gasteiger partial charge in [-0.25, -0.2) is 9.97 Å². The molecule has 6 nitrogen and oxygen atoms in total. The molecular weight excluding hydrogens is 280 g/mol. The van der Waals surface area contributed by atoms with E-state index in [-0.39, 0.29) is 11.3 Å². The minimum Gasteiger partial charge on any atom is -0.481 e. The number of carboxylic acids is 1. The molecule has 1 aliphatic carbocycles. The van der Waals surface area contributed by atoms with Gasteiger partial charge in [-0.3, -0.25) is 4.79 Å². The quantitative estimate of drug-likeness (QED) is 0.891. The number of fused-ring (bicyclic) bond motifs is 1. The molecule has 4 rings (SSSR count). The molecule has 2 aliphatic rings. The van der Waals surface area contributed by atoms with Crippen molar-refractivity contribution in [1.82, 2.24) is 15.0 Å². The average molecular weight is 302 g/mol. The number of carbonyl (C=O) groups is 1. The van der Waals surface area contributed by atoms with E-state index in [2.05, 4.69) is 19.9 Å². The van der Waals surface area contributed by atoms with Gasteiger partial charge >= 0.3 is 5.97 Å². The summed E-state index contributed by atoms with van der Waals surface area (Å²) in [6, 6.07) is 1.98. The van der Waals surface area contributed by atoms with Crippen LogP contribution in [0.4, 0.5) is 5.82 Å². The summed E-state index contributed by atoms with van der Waals surface area (Å²) >= 11 is 0. The second-order valence-corrected chi connectivity index (χ2v) is 5.90. The summed E-state index contributed by atoms with van der Waals surface area (Å²) in [5.74, 6) is 0.0882. The SMILES string of the molecule is CC.O=C(O)C1CCN(c2ncnc3[nH]ccc23)CC12CC2. The summed E-state index contributed by atoms with van der Waals surface area (Å²) in [5, 5.41) is 10.4. The zero-order valence-corrected chi connectivity index (χ0v) is 13.0. The van der Waals surface area contributed by atoms with Gasteiger partial charge in [0.15, 0.2) is 0 Å². The molecule has 118 valence electrons. The van der Waals surface area contributed by atoms with E-state index in [0.717, 1.165) is 42.8 Å². The van der Waals surface area contributed by atoms with Gasteiger partial charge in [0.05, 0.1) is 11.3 Å². The maximum atomic E-state index is 11.4. The Balaban J connectivity index is 0.000000693. The fraction of sp³-hybridized carbons (Fsp3) is 0.562. The highest BCUT2D eigenvalue weighted by molar-refractivity contribution is 5.87. The van der Waals surface area contributed by atoms with E-state index < -0.39 is 5.97 Å². The van der Waals surface area contributed by atoms with Gasteiger partial charge in [0.2, 0.25) is 0 Å². The molecule has 0 radical (unpaired) electrons. The molecule has 3 heterocycles. The smallest absolute Gasteiger partial charge is 0.307 e. The highest BCUT2D eigenvalue weighted by Gasteiger charge is 2.55. The fourth-order valence-electron chi connectivity index (χ4n) is 3.50. The Morgan fingerprint density at radius 1 is 1.41 bits per heavy atom. The number of carboxylic acid groups (broad SMARTS) is 1. The number of hydrogen-bond donors (Lipinski definition) is 2. The average Bonchev–Trinajstić information content (AvgIpc) is 3.12. The molecule has 1 saturated carbocycles. The molecule has 0 aromatic carbocycles. The number of aliphatic carboxylic acids is 1. The number of hydrogen-bond acceptors (Lipinski definition) is 4. The van der Waals surface area contributed by atoms with E-state index >= 15 is 0 Å². The molecule has 22 heavy (non-hydrogen) atoms. The standard InChI is InChI=1S/C14H16N4O2.C2H6/c19-13(20)10-2-6-18(7-14(10)3-4-14)12-9-1-5-15-11(9)16-8-17-12;1-2/h1,5,8,10H,2-4,6-7H2,(H,19,20)(H,15,16,17);1-2H3. The second kappa shape index (κ2) is 5.59. The maximum Gasteiger partial charge on any atom is 0.307 e. The Morgan fingerprint density at radius 3 is 2.86 bits per heavy atom. The Hall–Kier alpha value is -2.11. The van der Waals surface area contributed by atoms with Crippen LogP contribution in [0, 0.1) is 11.3 Å². The minimum absolute atomic E-state index is 0.0301. The maximum absolute atomic E-state index is 11.4. The van der Waals surface area contributed by atoms with Crippen molar-refractivity contribution in [2.75, 3.05) is 18.0 Å². The Morgan fingerprint density at radius 2 is 2.18 bits per heavy atom. The summed E-state index contributed by atoms with van der Waals surface area (Å²) in [4.78, 5) is 25.3. The van der Waals surface area contributed by atoms with E-state index in [0.29, 0.717) is 6.42 Å². The lowest BCUT2D eigenvalue weighted by atomic mass is 9.82. The van der Waals surface area contributed by atoms with Gasteiger partial charge in [-0.1, -0.05) is 13.8 Å². The highest BCUT2D eigenvalue weighted by Crippen LogP contribution is 2.56. The van der Waals surface area contributed by atoms with Crippen LogP contribution in [0.2, 0.25) is 0 Å². The van der Waals surface area contributed by atoms with Crippen molar-refractivity contribution in [1.29, 1.82) is 0 Å². The highest BCUT2D eigenvalue weighted by atomic mass is 16.4. The van der Waals surface area contributed by atoms with Crippen LogP contribution in [0.5, 0.6) is 0 Å². The van der Waals surface area contributed by atoms with Crippen LogP contribution in [0.15, 0.2) is 18.6 Å². The molecule has 2 fully saturated rings. The lowest BCUT2D eigenvalue weighted by Crippen LogP contribution is -2.45. The third-order valence-electron chi connectivity index (χ3n) is 4.76. The molecular formula is C16H22N4O2.